The summed E-state index contributed by atoms with van der Waals surface area (Å²) in [5.41, 5.74) is 2.48. The van der Waals surface area contributed by atoms with Crippen LogP contribution in [0.25, 0.3) is 0 Å². The lowest BCUT2D eigenvalue weighted by Crippen LogP contribution is -2.04. The summed E-state index contributed by atoms with van der Waals surface area (Å²) in [6.45, 7) is 1.86. The molecule has 0 bridgehead atoms. The average Bonchev–Trinajstić information content (AvgIpc) is 2.35. The van der Waals surface area contributed by atoms with Crippen molar-refractivity contribution in [1.82, 2.24) is 0 Å². The third kappa shape index (κ3) is 3.09. The van der Waals surface area contributed by atoms with Crippen molar-refractivity contribution < 1.29 is 9.50 Å². The van der Waals surface area contributed by atoms with Crippen molar-refractivity contribution in [2.45, 2.75) is 19.4 Å². The summed E-state index contributed by atoms with van der Waals surface area (Å²) < 4.78 is 13.2. The molecular formula is C15H14ClFO. The van der Waals surface area contributed by atoms with Gasteiger partial charge in [-0.1, -0.05) is 29.8 Å². The minimum absolute atomic E-state index is 0.328. The highest BCUT2D eigenvalue weighted by Gasteiger charge is 2.12. The Morgan fingerprint density at radius 1 is 1.17 bits per heavy atom. The van der Waals surface area contributed by atoms with Gasteiger partial charge in [0.2, 0.25) is 0 Å². The largest absolute Gasteiger partial charge is 0.388 e. The highest BCUT2D eigenvalue weighted by Crippen LogP contribution is 2.23. The molecule has 18 heavy (non-hydrogen) atoms. The van der Waals surface area contributed by atoms with Gasteiger partial charge in [0.1, 0.15) is 5.82 Å². The van der Waals surface area contributed by atoms with Crippen LogP contribution in [-0.4, -0.2) is 5.11 Å². The predicted octanol–water partition coefficient (Wildman–Crippen LogP) is 4.06. The maximum Gasteiger partial charge on any atom is 0.123 e. The third-order valence-corrected chi connectivity index (χ3v) is 3.19. The molecule has 0 fully saturated rings. The summed E-state index contributed by atoms with van der Waals surface area (Å²) in [6, 6.07) is 11.7. The summed E-state index contributed by atoms with van der Waals surface area (Å²) in [4.78, 5) is 0. The summed E-state index contributed by atoms with van der Waals surface area (Å²) in [6.07, 6.45) is -0.261. The molecule has 0 aliphatic carbocycles. The number of rotatable bonds is 3. The molecule has 3 heteroatoms. The zero-order valence-corrected chi connectivity index (χ0v) is 10.8. The first kappa shape index (κ1) is 13.1. The maximum atomic E-state index is 13.2. The summed E-state index contributed by atoms with van der Waals surface area (Å²) in [5.74, 6) is -0.328. The van der Waals surface area contributed by atoms with Crippen molar-refractivity contribution in [1.29, 1.82) is 0 Å². The van der Waals surface area contributed by atoms with Crippen LogP contribution in [0, 0.1) is 12.7 Å². The van der Waals surface area contributed by atoms with Gasteiger partial charge in [-0.3, -0.25) is 0 Å². The Kier molecular flexibility index (Phi) is 4.00. The van der Waals surface area contributed by atoms with Gasteiger partial charge in [-0.2, -0.15) is 0 Å². The minimum Gasteiger partial charge on any atom is -0.388 e. The molecule has 0 heterocycles. The molecular weight excluding hydrogens is 251 g/mol. The second-order valence-corrected chi connectivity index (χ2v) is 4.78. The molecule has 0 aromatic heterocycles. The highest BCUT2D eigenvalue weighted by molar-refractivity contribution is 6.30. The van der Waals surface area contributed by atoms with E-state index in [4.69, 9.17) is 11.6 Å². The number of halogens is 2. The molecule has 0 saturated heterocycles. The van der Waals surface area contributed by atoms with E-state index in [9.17, 15) is 9.50 Å². The van der Waals surface area contributed by atoms with E-state index in [1.807, 2.05) is 19.1 Å². The second-order valence-electron chi connectivity index (χ2n) is 4.35. The van der Waals surface area contributed by atoms with Gasteiger partial charge in [0.15, 0.2) is 0 Å². The van der Waals surface area contributed by atoms with Crippen LogP contribution in [0.5, 0.6) is 0 Å². The van der Waals surface area contributed by atoms with Gasteiger partial charge in [0, 0.05) is 11.4 Å². The maximum absolute atomic E-state index is 13.2. The van der Waals surface area contributed by atoms with E-state index in [-0.39, 0.29) is 5.82 Å². The fourth-order valence-corrected chi connectivity index (χ4v) is 2.05. The lowest BCUT2D eigenvalue weighted by Gasteiger charge is -2.14. The number of aliphatic hydroxyl groups is 1. The molecule has 1 N–H and O–H groups in total. The van der Waals surface area contributed by atoms with Crippen LogP contribution in [0.3, 0.4) is 0 Å². The number of aliphatic hydroxyl groups excluding tert-OH is 1. The first-order valence-electron chi connectivity index (χ1n) is 5.75. The third-order valence-electron chi connectivity index (χ3n) is 2.94. The van der Waals surface area contributed by atoms with E-state index < -0.39 is 6.10 Å². The first-order valence-corrected chi connectivity index (χ1v) is 6.12. The van der Waals surface area contributed by atoms with Gasteiger partial charge in [0.25, 0.3) is 0 Å². The topological polar surface area (TPSA) is 20.2 Å². The van der Waals surface area contributed by atoms with E-state index in [1.54, 1.807) is 18.2 Å². The minimum atomic E-state index is -0.707. The van der Waals surface area contributed by atoms with Gasteiger partial charge in [-0.15, -0.1) is 0 Å². The molecule has 0 amide bonds. The Morgan fingerprint density at radius 2 is 1.83 bits per heavy atom. The number of hydrogen-bond acceptors (Lipinski definition) is 1. The molecule has 0 aliphatic rings. The fourth-order valence-electron chi connectivity index (χ4n) is 1.92. The molecule has 1 nitrogen and oxygen atoms in total. The number of benzene rings is 2. The SMILES string of the molecule is Cc1ccc(F)cc1C(O)Cc1ccc(Cl)cc1. The first-order chi connectivity index (χ1) is 8.56. The van der Waals surface area contributed by atoms with Crippen molar-refractivity contribution >= 4 is 11.6 Å². The van der Waals surface area contributed by atoms with Crippen molar-refractivity contribution in [2.24, 2.45) is 0 Å². The molecule has 0 saturated carbocycles. The second kappa shape index (κ2) is 5.51. The highest BCUT2D eigenvalue weighted by atomic mass is 35.5. The fraction of sp³-hybridized carbons (Fsp3) is 0.200. The molecule has 94 valence electrons. The van der Waals surface area contributed by atoms with E-state index in [2.05, 4.69) is 0 Å². The normalized spacial score (nSPS) is 12.4. The smallest absolute Gasteiger partial charge is 0.123 e. The van der Waals surface area contributed by atoms with Crippen LogP contribution in [-0.2, 0) is 6.42 Å². The van der Waals surface area contributed by atoms with Gasteiger partial charge >= 0.3 is 0 Å². The summed E-state index contributed by atoms with van der Waals surface area (Å²) in [7, 11) is 0. The predicted molar refractivity (Wildman–Crippen MR) is 71.3 cm³/mol. The van der Waals surface area contributed by atoms with Crippen LogP contribution in [0.4, 0.5) is 4.39 Å². The van der Waals surface area contributed by atoms with E-state index in [0.29, 0.717) is 17.0 Å². The lowest BCUT2D eigenvalue weighted by molar-refractivity contribution is 0.177. The molecule has 2 rings (SSSR count). The van der Waals surface area contributed by atoms with Crippen LogP contribution in [0.15, 0.2) is 42.5 Å². The van der Waals surface area contributed by atoms with Crippen molar-refractivity contribution in [3.05, 3.63) is 70.0 Å². The van der Waals surface area contributed by atoms with Gasteiger partial charge in [-0.05, 0) is 47.9 Å². The molecule has 1 unspecified atom stereocenters. The molecule has 0 spiro atoms. The van der Waals surface area contributed by atoms with Crippen LogP contribution < -0.4 is 0 Å². The van der Waals surface area contributed by atoms with Gasteiger partial charge < -0.3 is 5.11 Å². The quantitative estimate of drug-likeness (QED) is 0.886. The zero-order chi connectivity index (χ0) is 13.1. The Hall–Kier alpha value is -1.38. The molecule has 0 radical (unpaired) electrons. The van der Waals surface area contributed by atoms with Crippen molar-refractivity contribution in [3.63, 3.8) is 0 Å². The Morgan fingerprint density at radius 3 is 2.50 bits per heavy atom. The molecule has 2 aromatic carbocycles. The monoisotopic (exact) mass is 264 g/mol. The van der Waals surface area contributed by atoms with Crippen LogP contribution >= 0.6 is 11.6 Å². The van der Waals surface area contributed by atoms with Crippen molar-refractivity contribution in [2.75, 3.05) is 0 Å². The molecule has 0 aliphatic heterocycles. The Balaban J connectivity index is 2.18. The van der Waals surface area contributed by atoms with E-state index >= 15 is 0 Å². The van der Waals surface area contributed by atoms with Crippen LogP contribution in [0.2, 0.25) is 5.02 Å². The summed E-state index contributed by atoms with van der Waals surface area (Å²) >= 11 is 5.80. The average molecular weight is 265 g/mol. The lowest BCUT2D eigenvalue weighted by atomic mass is 9.98. The Labute approximate surface area is 111 Å². The van der Waals surface area contributed by atoms with Crippen LogP contribution in [0.1, 0.15) is 22.8 Å². The van der Waals surface area contributed by atoms with E-state index in [1.165, 1.54) is 12.1 Å². The van der Waals surface area contributed by atoms with Gasteiger partial charge in [0.05, 0.1) is 6.10 Å². The molecule has 2 aromatic rings. The standard InChI is InChI=1S/C15H14ClFO/c1-10-2-7-13(17)9-14(10)15(18)8-11-3-5-12(16)6-4-11/h2-7,9,15,18H,8H2,1H3. The number of hydrogen-bond donors (Lipinski definition) is 1. The Bertz CT molecular complexity index is 537. The van der Waals surface area contributed by atoms with E-state index in [0.717, 1.165) is 11.1 Å². The molecule has 1 atom stereocenters. The summed E-state index contributed by atoms with van der Waals surface area (Å²) in [5, 5.41) is 10.8. The van der Waals surface area contributed by atoms with Crippen molar-refractivity contribution in [3.8, 4) is 0 Å². The number of aryl methyl sites for hydroxylation is 1. The zero-order valence-electron chi connectivity index (χ0n) is 10.0. The van der Waals surface area contributed by atoms with Gasteiger partial charge in [-0.25, -0.2) is 4.39 Å².